The summed E-state index contributed by atoms with van der Waals surface area (Å²) in [5.74, 6) is 1.06. The number of carbonyl (C=O) groups excluding carboxylic acids is 1. The molecule has 0 bridgehead atoms. The third kappa shape index (κ3) is 6.27. The molecular weight excluding hydrogens is 642 g/mol. The van der Waals surface area contributed by atoms with Crippen molar-refractivity contribution in [2.24, 2.45) is 0 Å². The van der Waals surface area contributed by atoms with Gasteiger partial charge in [0.25, 0.3) is 0 Å². The second-order valence-electron chi connectivity index (χ2n) is 12.2. The molecule has 2 N–H and O–H groups in total. The summed E-state index contributed by atoms with van der Waals surface area (Å²) in [6.45, 7) is 1.94. The van der Waals surface area contributed by atoms with Crippen molar-refractivity contribution in [1.29, 1.82) is 0 Å². The summed E-state index contributed by atoms with van der Waals surface area (Å²) in [6, 6.07) is 13.9. The average molecular weight is 678 g/mol. The van der Waals surface area contributed by atoms with Gasteiger partial charge in [0.1, 0.15) is 11.9 Å². The van der Waals surface area contributed by atoms with Crippen LogP contribution < -0.4 is 20.1 Å². The molecule has 2 saturated heterocycles. The normalized spacial score (nSPS) is 19.4. The first-order chi connectivity index (χ1) is 22.8. The van der Waals surface area contributed by atoms with Crippen LogP contribution >= 0.6 is 23.2 Å². The SMILES string of the molecule is COc1nc(-c2cccc(-c3cccc(-c4cc5c(c(OC)n4)C(NCC4CCC(=O)N4)CC5)c3Cl)c2Cl)cnc1CN1CC(F)C1. The summed E-state index contributed by atoms with van der Waals surface area (Å²) in [5, 5.41) is 7.64. The Morgan fingerprint density at radius 1 is 0.936 bits per heavy atom. The number of nitrogens with one attached hydrogen (secondary N) is 2. The Morgan fingerprint density at radius 2 is 1.60 bits per heavy atom. The van der Waals surface area contributed by atoms with Gasteiger partial charge < -0.3 is 20.1 Å². The van der Waals surface area contributed by atoms with Crippen molar-refractivity contribution in [1.82, 2.24) is 30.5 Å². The van der Waals surface area contributed by atoms with Gasteiger partial charge in [-0.05, 0) is 30.9 Å². The van der Waals surface area contributed by atoms with Gasteiger partial charge in [-0.1, -0.05) is 59.6 Å². The van der Waals surface area contributed by atoms with Gasteiger partial charge in [-0.2, -0.15) is 0 Å². The minimum atomic E-state index is -0.797. The Morgan fingerprint density at radius 3 is 2.23 bits per heavy atom. The number of ether oxygens (including phenoxy) is 2. The van der Waals surface area contributed by atoms with E-state index in [2.05, 4.69) is 21.7 Å². The number of aromatic nitrogens is 3. The van der Waals surface area contributed by atoms with Crippen LogP contribution in [0.15, 0.2) is 48.7 Å². The molecule has 47 heavy (non-hydrogen) atoms. The van der Waals surface area contributed by atoms with Crippen LogP contribution in [-0.4, -0.2) is 71.8 Å². The maximum atomic E-state index is 13.3. The quantitative estimate of drug-likeness (QED) is 0.205. The smallest absolute Gasteiger partial charge is 0.237 e. The van der Waals surface area contributed by atoms with E-state index >= 15 is 0 Å². The number of pyridine rings is 1. The van der Waals surface area contributed by atoms with Crippen molar-refractivity contribution in [3.8, 4) is 45.4 Å². The fraction of sp³-hybridized carbons (Fsp3) is 0.371. The van der Waals surface area contributed by atoms with Gasteiger partial charge in [-0.3, -0.25) is 14.7 Å². The van der Waals surface area contributed by atoms with E-state index in [-0.39, 0.29) is 18.0 Å². The van der Waals surface area contributed by atoms with Gasteiger partial charge in [-0.15, -0.1) is 0 Å². The van der Waals surface area contributed by atoms with E-state index in [9.17, 15) is 9.18 Å². The van der Waals surface area contributed by atoms with Gasteiger partial charge in [0.05, 0.1) is 41.8 Å². The number of methoxy groups -OCH3 is 2. The molecule has 9 nitrogen and oxygen atoms in total. The summed E-state index contributed by atoms with van der Waals surface area (Å²) < 4.78 is 24.7. The Hall–Kier alpha value is -3.83. The number of nitrogens with zero attached hydrogens (tertiary/aromatic N) is 4. The van der Waals surface area contributed by atoms with Crippen molar-refractivity contribution in [2.75, 3.05) is 33.9 Å². The number of hydrogen-bond acceptors (Lipinski definition) is 8. The molecule has 2 fully saturated rings. The Bertz CT molecular complexity index is 1840. The number of fused-ring (bicyclic) bond motifs is 1. The largest absolute Gasteiger partial charge is 0.481 e. The number of likely N-dealkylation sites (tertiary alicyclic amines) is 1. The number of halogens is 3. The lowest BCUT2D eigenvalue weighted by atomic mass is 9.97. The van der Waals surface area contributed by atoms with Crippen LogP contribution in [0.4, 0.5) is 4.39 Å². The molecule has 2 unspecified atom stereocenters. The van der Waals surface area contributed by atoms with E-state index in [4.69, 9.17) is 42.6 Å². The molecular formula is C35H35Cl2FN6O3. The van der Waals surface area contributed by atoms with Gasteiger partial charge in [0, 0.05) is 72.5 Å². The fourth-order valence-electron chi connectivity index (χ4n) is 6.74. The molecule has 244 valence electrons. The van der Waals surface area contributed by atoms with Gasteiger partial charge in [0.2, 0.25) is 17.7 Å². The molecule has 4 heterocycles. The summed E-state index contributed by atoms with van der Waals surface area (Å²) in [7, 11) is 3.18. The standard InChI is InChI=1S/C35H35Cl2FN6O3/c1-46-34-29(18-44-16-20(38)17-44)40-15-28(43-34)25-8-4-6-23(33(25)37)22-5-3-7-24(32(22)36)27-13-19-9-11-26(31(19)35(42-27)47-2)39-14-21-10-12-30(45)41-21/h3-8,13,15,20-21,26,39H,9-12,14,16-18H2,1-2H3,(H,41,45). The van der Waals surface area contributed by atoms with Crippen molar-refractivity contribution in [3.05, 3.63) is 75.5 Å². The van der Waals surface area contributed by atoms with Crippen LogP contribution in [0.1, 0.15) is 42.1 Å². The summed E-state index contributed by atoms with van der Waals surface area (Å²) >= 11 is 14.2. The first-order valence-electron chi connectivity index (χ1n) is 15.8. The Balaban J connectivity index is 1.17. The zero-order valence-electron chi connectivity index (χ0n) is 26.2. The maximum Gasteiger partial charge on any atom is 0.237 e. The highest BCUT2D eigenvalue weighted by Crippen LogP contribution is 2.44. The summed E-state index contributed by atoms with van der Waals surface area (Å²) in [5.41, 5.74) is 7.09. The predicted octanol–water partition coefficient (Wildman–Crippen LogP) is 6.21. The number of benzene rings is 2. The van der Waals surface area contributed by atoms with Crippen LogP contribution in [0, 0.1) is 0 Å². The van der Waals surface area contributed by atoms with Gasteiger partial charge >= 0.3 is 0 Å². The van der Waals surface area contributed by atoms with E-state index < -0.39 is 6.17 Å². The van der Waals surface area contributed by atoms with E-state index in [1.807, 2.05) is 41.3 Å². The van der Waals surface area contributed by atoms with Crippen LogP contribution in [-0.2, 0) is 17.8 Å². The van der Waals surface area contributed by atoms with Crippen LogP contribution in [0.5, 0.6) is 11.8 Å². The first kappa shape index (κ1) is 31.8. The van der Waals surface area contributed by atoms with Crippen LogP contribution in [0.25, 0.3) is 33.6 Å². The van der Waals surface area contributed by atoms with Gasteiger partial charge in [-0.25, -0.2) is 14.4 Å². The monoisotopic (exact) mass is 676 g/mol. The summed E-state index contributed by atoms with van der Waals surface area (Å²) in [6.07, 6.45) is 4.08. The van der Waals surface area contributed by atoms with E-state index in [0.29, 0.717) is 71.4 Å². The number of hydrogen-bond donors (Lipinski definition) is 2. The zero-order valence-corrected chi connectivity index (χ0v) is 27.7. The van der Waals surface area contributed by atoms with Crippen molar-refractivity contribution in [3.63, 3.8) is 0 Å². The van der Waals surface area contributed by atoms with Crippen molar-refractivity contribution < 1.29 is 18.7 Å². The zero-order chi connectivity index (χ0) is 32.7. The molecule has 2 aliphatic heterocycles. The summed E-state index contributed by atoms with van der Waals surface area (Å²) in [4.78, 5) is 27.8. The molecule has 7 rings (SSSR count). The Kier molecular flexibility index (Phi) is 9.02. The van der Waals surface area contributed by atoms with Gasteiger partial charge in [0.15, 0.2) is 0 Å². The van der Waals surface area contributed by atoms with E-state index in [1.54, 1.807) is 20.4 Å². The van der Waals surface area contributed by atoms with Crippen molar-refractivity contribution >= 4 is 29.1 Å². The first-order valence-corrected chi connectivity index (χ1v) is 16.5. The Labute approximate surface area is 282 Å². The fourth-order valence-corrected chi connectivity index (χ4v) is 7.39. The molecule has 0 saturated carbocycles. The molecule has 2 aromatic carbocycles. The molecule has 2 aromatic heterocycles. The van der Waals surface area contributed by atoms with E-state index in [0.717, 1.165) is 52.8 Å². The van der Waals surface area contributed by atoms with Crippen molar-refractivity contribution in [2.45, 2.75) is 50.5 Å². The third-order valence-corrected chi connectivity index (χ3v) is 9.99. The second kappa shape index (κ2) is 13.4. The second-order valence-corrected chi connectivity index (χ2v) is 13.0. The third-order valence-electron chi connectivity index (χ3n) is 9.18. The average Bonchev–Trinajstić information content (AvgIpc) is 3.68. The molecule has 4 aromatic rings. The minimum absolute atomic E-state index is 0.0939. The highest BCUT2D eigenvalue weighted by atomic mass is 35.5. The lowest BCUT2D eigenvalue weighted by Crippen LogP contribution is -2.47. The lowest BCUT2D eigenvalue weighted by Gasteiger charge is -2.33. The number of aryl methyl sites for hydroxylation is 1. The van der Waals surface area contributed by atoms with Crippen LogP contribution in [0.2, 0.25) is 10.0 Å². The molecule has 0 spiro atoms. The lowest BCUT2D eigenvalue weighted by molar-refractivity contribution is -0.119. The number of amides is 1. The maximum absolute atomic E-state index is 13.3. The highest BCUT2D eigenvalue weighted by Gasteiger charge is 2.31. The molecule has 2 atom stereocenters. The minimum Gasteiger partial charge on any atom is -0.481 e. The molecule has 1 amide bonds. The van der Waals surface area contributed by atoms with Crippen LogP contribution in [0.3, 0.4) is 0 Å². The molecule has 12 heteroatoms. The molecule has 1 aliphatic carbocycles. The molecule has 3 aliphatic rings. The number of rotatable bonds is 10. The van der Waals surface area contributed by atoms with E-state index in [1.165, 1.54) is 0 Å². The molecule has 0 radical (unpaired) electrons. The topological polar surface area (TPSA) is 102 Å². The highest BCUT2D eigenvalue weighted by molar-refractivity contribution is 6.39. The number of alkyl halides is 1. The predicted molar refractivity (Wildman–Crippen MR) is 180 cm³/mol. The number of carbonyl (C=O) groups is 1.